The highest BCUT2D eigenvalue weighted by Crippen LogP contribution is 2.28. The second kappa shape index (κ2) is 6.81. The molecular formula is C14H24O. The van der Waals surface area contributed by atoms with Crippen molar-refractivity contribution in [1.29, 1.82) is 0 Å². The third kappa shape index (κ3) is 4.19. The standard InChI is InChI=1S/C14H24O/c1-3-4-5-6-9-13-10-7-8-11-14(15)12(13)2/h5-6,12-13H,3-4,7-11H2,1-2H3/b6-5-/t12-,13?/m0/s1. The number of allylic oxidation sites excluding steroid dienone is 2. The van der Waals surface area contributed by atoms with Crippen LogP contribution in [0.25, 0.3) is 0 Å². The number of ketones is 1. The van der Waals surface area contributed by atoms with Crippen molar-refractivity contribution in [2.24, 2.45) is 11.8 Å². The highest BCUT2D eigenvalue weighted by molar-refractivity contribution is 5.81. The Morgan fingerprint density at radius 1 is 1.33 bits per heavy atom. The second-order valence-electron chi connectivity index (χ2n) is 4.76. The predicted molar refractivity (Wildman–Crippen MR) is 64.8 cm³/mol. The quantitative estimate of drug-likeness (QED) is 0.501. The van der Waals surface area contributed by atoms with Crippen LogP contribution in [0.3, 0.4) is 0 Å². The lowest BCUT2D eigenvalue weighted by Crippen LogP contribution is -2.18. The van der Waals surface area contributed by atoms with Crippen LogP contribution in [-0.4, -0.2) is 5.78 Å². The Hall–Kier alpha value is -0.590. The van der Waals surface area contributed by atoms with Crippen LogP contribution in [0.2, 0.25) is 0 Å². The van der Waals surface area contributed by atoms with Crippen molar-refractivity contribution < 1.29 is 4.79 Å². The predicted octanol–water partition coefficient (Wildman–Crippen LogP) is 4.13. The molecule has 0 bridgehead atoms. The van der Waals surface area contributed by atoms with Gasteiger partial charge in [-0.1, -0.05) is 38.8 Å². The van der Waals surface area contributed by atoms with Gasteiger partial charge in [0, 0.05) is 12.3 Å². The van der Waals surface area contributed by atoms with Crippen molar-refractivity contribution in [2.45, 2.75) is 58.8 Å². The van der Waals surface area contributed by atoms with Crippen LogP contribution < -0.4 is 0 Å². The fraction of sp³-hybridized carbons (Fsp3) is 0.786. The normalized spacial score (nSPS) is 28.3. The molecule has 1 aliphatic carbocycles. The number of unbranched alkanes of at least 4 members (excludes halogenated alkanes) is 1. The molecule has 1 heteroatoms. The smallest absolute Gasteiger partial charge is 0.135 e. The second-order valence-corrected chi connectivity index (χ2v) is 4.76. The topological polar surface area (TPSA) is 17.1 Å². The van der Waals surface area contributed by atoms with Crippen LogP contribution in [0.1, 0.15) is 58.8 Å². The van der Waals surface area contributed by atoms with Gasteiger partial charge in [-0.25, -0.2) is 0 Å². The van der Waals surface area contributed by atoms with Gasteiger partial charge in [0.1, 0.15) is 5.78 Å². The van der Waals surface area contributed by atoms with Gasteiger partial charge >= 0.3 is 0 Å². The Kier molecular flexibility index (Phi) is 5.67. The van der Waals surface area contributed by atoms with Gasteiger partial charge in [0.2, 0.25) is 0 Å². The molecule has 0 aromatic rings. The lowest BCUT2D eigenvalue weighted by molar-refractivity contribution is -0.123. The van der Waals surface area contributed by atoms with E-state index in [2.05, 4.69) is 26.0 Å². The van der Waals surface area contributed by atoms with E-state index in [-0.39, 0.29) is 0 Å². The number of carbonyl (C=O) groups excluding carboxylic acids is 1. The van der Waals surface area contributed by atoms with Crippen LogP contribution in [-0.2, 0) is 4.79 Å². The summed E-state index contributed by atoms with van der Waals surface area (Å²) in [5, 5.41) is 0. The maximum Gasteiger partial charge on any atom is 0.135 e. The lowest BCUT2D eigenvalue weighted by atomic mass is 9.86. The summed E-state index contributed by atoms with van der Waals surface area (Å²) in [4.78, 5) is 11.7. The Labute approximate surface area is 93.9 Å². The number of hydrogen-bond donors (Lipinski definition) is 0. The monoisotopic (exact) mass is 208 g/mol. The van der Waals surface area contributed by atoms with Crippen molar-refractivity contribution in [3.63, 3.8) is 0 Å². The first-order chi connectivity index (χ1) is 7.25. The SMILES string of the molecule is CCC/C=C\CC1CCCCC(=O)[C@H]1C. The first-order valence-corrected chi connectivity index (χ1v) is 6.43. The summed E-state index contributed by atoms with van der Waals surface area (Å²) >= 11 is 0. The van der Waals surface area contributed by atoms with Crippen LogP contribution >= 0.6 is 0 Å². The molecule has 0 amide bonds. The maximum atomic E-state index is 11.7. The number of carbonyl (C=O) groups is 1. The fourth-order valence-corrected chi connectivity index (χ4v) is 2.32. The third-order valence-electron chi connectivity index (χ3n) is 3.52. The van der Waals surface area contributed by atoms with Gasteiger partial charge in [0.25, 0.3) is 0 Å². The van der Waals surface area contributed by atoms with Crippen LogP contribution in [0.15, 0.2) is 12.2 Å². The van der Waals surface area contributed by atoms with Gasteiger partial charge < -0.3 is 0 Å². The number of hydrogen-bond acceptors (Lipinski definition) is 1. The van der Waals surface area contributed by atoms with E-state index >= 15 is 0 Å². The zero-order valence-electron chi connectivity index (χ0n) is 10.2. The van der Waals surface area contributed by atoms with E-state index in [9.17, 15) is 4.79 Å². The average molecular weight is 208 g/mol. The summed E-state index contributed by atoms with van der Waals surface area (Å²) in [7, 11) is 0. The van der Waals surface area contributed by atoms with Gasteiger partial charge in [-0.3, -0.25) is 4.79 Å². The Morgan fingerprint density at radius 2 is 2.13 bits per heavy atom. The molecule has 0 radical (unpaired) electrons. The van der Waals surface area contributed by atoms with Crippen molar-refractivity contribution in [3.05, 3.63) is 12.2 Å². The summed E-state index contributed by atoms with van der Waals surface area (Å²) in [5.41, 5.74) is 0. The van der Waals surface area contributed by atoms with Gasteiger partial charge in [0.05, 0.1) is 0 Å². The molecule has 1 unspecified atom stereocenters. The first-order valence-electron chi connectivity index (χ1n) is 6.43. The van der Waals surface area contributed by atoms with Gasteiger partial charge in [-0.15, -0.1) is 0 Å². The first kappa shape index (κ1) is 12.5. The van der Waals surface area contributed by atoms with E-state index in [1.807, 2.05) is 0 Å². The van der Waals surface area contributed by atoms with Crippen LogP contribution in [0.5, 0.6) is 0 Å². The summed E-state index contributed by atoms with van der Waals surface area (Å²) in [6.07, 6.45) is 12.4. The summed E-state index contributed by atoms with van der Waals surface area (Å²) in [5.74, 6) is 1.38. The minimum Gasteiger partial charge on any atom is -0.299 e. The largest absolute Gasteiger partial charge is 0.299 e. The molecule has 1 nitrogen and oxygen atoms in total. The molecule has 86 valence electrons. The Balaban J connectivity index is 2.40. The summed E-state index contributed by atoms with van der Waals surface area (Å²) in [6.45, 7) is 4.31. The fourth-order valence-electron chi connectivity index (χ4n) is 2.32. The van der Waals surface area contributed by atoms with Crippen molar-refractivity contribution in [3.8, 4) is 0 Å². The Bertz CT molecular complexity index is 217. The maximum absolute atomic E-state index is 11.7. The van der Waals surface area contributed by atoms with E-state index in [4.69, 9.17) is 0 Å². The molecule has 0 spiro atoms. The van der Waals surface area contributed by atoms with E-state index in [1.54, 1.807) is 0 Å². The molecule has 2 atom stereocenters. The molecule has 0 heterocycles. The van der Waals surface area contributed by atoms with Crippen molar-refractivity contribution in [2.75, 3.05) is 0 Å². The molecule has 1 aliphatic rings. The molecule has 1 fully saturated rings. The zero-order chi connectivity index (χ0) is 11.1. The highest BCUT2D eigenvalue weighted by atomic mass is 16.1. The van der Waals surface area contributed by atoms with Crippen molar-refractivity contribution in [1.82, 2.24) is 0 Å². The highest BCUT2D eigenvalue weighted by Gasteiger charge is 2.24. The summed E-state index contributed by atoms with van der Waals surface area (Å²) < 4.78 is 0. The molecule has 0 aromatic carbocycles. The third-order valence-corrected chi connectivity index (χ3v) is 3.52. The number of rotatable bonds is 4. The van der Waals surface area contributed by atoms with Crippen molar-refractivity contribution >= 4 is 5.78 Å². The molecular weight excluding hydrogens is 184 g/mol. The average Bonchev–Trinajstić information content (AvgIpc) is 2.39. The Morgan fingerprint density at radius 3 is 2.87 bits per heavy atom. The van der Waals surface area contributed by atoms with Crippen LogP contribution in [0, 0.1) is 11.8 Å². The van der Waals surface area contributed by atoms with E-state index in [0.29, 0.717) is 17.6 Å². The minimum absolute atomic E-state index is 0.291. The van der Waals surface area contributed by atoms with Crippen LogP contribution in [0.4, 0.5) is 0 Å². The van der Waals surface area contributed by atoms with E-state index < -0.39 is 0 Å². The summed E-state index contributed by atoms with van der Waals surface area (Å²) in [6, 6.07) is 0. The molecule has 1 rings (SSSR count). The lowest BCUT2D eigenvalue weighted by Gasteiger charge is -2.18. The molecule has 0 saturated heterocycles. The van der Waals surface area contributed by atoms with Gasteiger partial charge in [-0.2, -0.15) is 0 Å². The minimum atomic E-state index is 0.291. The molecule has 0 aromatic heterocycles. The molecule has 15 heavy (non-hydrogen) atoms. The molecule has 1 saturated carbocycles. The van der Waals surface area contributed by atoms with Gasteiger partial charge in [0.15, 0.2) is 0 Å². The van der Waals surface area contributed by atoms with E-state index in [1.165, 1.54) is 25.7 Å². The number of Topliss-reactive ketones (excluding diaryl/α,β-unsaturated/α-hetero) is 1. The van der Waals surface area contributed by atoms with E-state index in [0.717, 1.165) is 19.3 Å². The van der Waals surface area contributed by atoms with Gasteiger partial charge in [-0.05, 0) is 31.6 Å². The molecule has 0 N–H and O–H groups in total. The molecule has 0 aliphatic heterocycles. The zero-order valence-corrected chi connectivity index (χ0v) is 10.2.